The summed E-state index contributed by atoms with van der Waals surface area (Å²) >= 11 is 1.48. The van der Waals surface area contributed by atoms with Gasteiger partial charge in [-0.2, -0.15) is 4.98 Å². The van der Waals surface area contributed by atoms with E-state index >= 15 is 0 Å². The smallest absolute Gasteiger partial charge is 0.246 e. The predicted octanol–water partition coefficient (Wildman–Crippen LogP) is 2.81. The average molecular weight is 435 g/mol. The van der Waals surface area contributed by atoms with Crippen molar-refractivity contribution in [1.29, 1.82) is 0 Å². The zero-order valence-electron chi connectivity index (χ0n) is 16.6. The molecule has 1 aromatic carbocycles. The minimum atomic E-state index is -3.66. The lowest BCUT2D eigenvalue weighted by atomic mass is 10.1. The lowest BCUT2D eigenvalue weighted by molar-refractivity contribution is -0.119. The molecule has 0 unspecified atom stereocenters. The lowest BCUT2D eigenvalue weighted by Gasteiger charge is -2.25. The van der Waals surface area contributed by atoms with Crippen molar-refractivity contribution in [2.24, 2.45) is 0 Å². The molecule has 3 rings (SSSR count). The van der Waals surface area contributed by atoms with Gasteiger partial charge >= 0.3 is 0 Å². The Hall–Kier alpha value is -2.72. The topological polar surface area (TPSA) is 105 Å². The predicted molar refractivity (Wildman–Crippen MR) is 112 cm³/mol. The summed E-state index contributed by atoms with van der Waals surface area (Å²) in [6.07, 6.45) is 1.09. The van der Waals surface area contributed by atoms with Gasteiger partial charge in [-0.05, 0) is 43.3 Å². The third kappa shape index (κ3) is 5.01. The molecule has 2 aromatic heterocycles. The minimum absolute atomic E-state index is 0.0146. The van der Waals surface area contributed by atoms with Crippen LogP contribution in [0.2, 0.25) is 0 Å². The summed E-state index contributed by atoms with van der Waals surface area (Å²) in [7, 11) is -3.66. The monoisotopic (exact) mass is 434 g/mol. The molecular formula is C19H22N4O4S2. The molecule has 1 N–H and O–H groups in total. The Morgan fingerprint density at radius 3 is 2.52 bits per heavy atom. The van der Waals surface area contributed by atoms with Crippen LogP contribution in [0.5, 0.6) is 0 Å². The van der Waals surface area contributed by atoms with Gasteiger partial charge in [-0.3, -0.25) is 9.10 Å². The number of aryl methyl sites for hydroxylation is 3. The van der Waals surface area contributed by atoms with Crippen LogP contribution in [0, 0.1) is 20.8 Å². The standard InChI is InChI=1S/C19H22N4O4S2/c1-12-8-13(2)18(14(3)9-12)23(29(4,25)26)11-16(24)20-10-17-21-19(22-27-17)15-6-5-7-28-15/h5-9H,10-11H2,1-4H3,(H,20,24). The number of carbonyl (C=O) groups excluding carboxylic acids is 1. The normalized spacial score (nSPS) is 11.4. The van der Waals surface area contributed by atoms with Crippen LogP contribution in [-0.4, -0.2) is 37.3 Å². The minimum Gasteiger partial charge on any atom is -0.345 e. The van der Waals surface area contributed by atoms with Crippen LogP contribution < -0.4 is 9.62 Å². The second-order valence-corrected chi connectivity index (χ2v) is 9.64. The third-order valence-electron chi connectivity index (χ3n) is 4.22. The fourth-order valence-corrected chi connectivity index (χ4v) is 4.74. The highest BCUT2D eigenvalue weighted by Gasteiger charge is 2.24. The Bertz CT molecular complexity index is 1100. The highest BCUT2D eigenvalue weighted by atomic mass is 32.2. The molecular weight excluding hydrogens is 412 g/mol. The van der Waals surface area contributed by atoms with E-state index in [1.54, 1.807) is 0 Å². The maximum absolute atomic E-state index is 12.5. The molecule has 0 radical (unpaired) electrons. The van der Waals surface area contributed by atoms with E-state index in [-0.39, 0.29) is 19.0 Å². The van der Waals surface area contributed by atoms with E-state index in [0.29, 0.717) is 11.5 Å². The first-order chi connectivity index (χ1) is 13.6. The first-order valence-corrected chi connectivity index (χ1v) is 11.6. The second-order valence-electron chi connectivity index (χ2n) is 6.78. The number of sulfonamides is 1. The van der Waals surface area contributed by atoms with E-state index in [1.165, 1.54) is 11.3 Å². The van der Waals surface area contributed by atoms with Gasteiger partial charge in [0, 0.05) is 0 Å². The summed E-state index contributed by atoms with van der Waals surface area (Å²) in [5.74, 6) is 0.231. The molecule has 154 valence electrons. The number of thiophene rings is 1. The van der Waals surface area contributed by atoms with Crippen LogP contribution in [0.25, 0.3) is 10.7 Å². The summed E-state index contributed by atoms with van der Waals surface area (Å²) in [5.41, 5.74) is 3.13. The van der Waals surface area contributed by atoms with E-state index in [1.807, 2.05) is 50.4 Å². The van der Waals surface area contributed by atoms with Crippen LogP contribution in [0.1, 0.15) is 22.6 Å². The van der Waals surface area contributed by atoms with Gasteiger partial charge in [0.2, 0.25) is 27.6 Å². The molecule has 10 heteroatoms. The van der Waals surface area contributed by atoms with Crippen molar-refractivity contribution < 1.29 is 17.7 Å². The van der Waals surface area contributed by atoms with Crippen molar-refractivity contribution in [2.45, 2.75) is 27.3 Å². The van der Waals surface area contributed by atoms with Crippen LogP contribution in [-0.2, 0) is 21.4 Å². The molecule has 0 bridgehead atoms. The highest BCUT2D eigenvalue weighted by Crippen LogP contribution is 2.28. The first-order valence-electron chi connectivity index (χ1n) is 8.84. The maximum Gasteiger partial charge on any atom is 0.246 e. The Morgan fingerprint density at radius 1 is 1.24 bits per heavy atom. The second kappa shape index (κ2) is 8.34. The molecule has 2 heterocycles. The fraction of sp³-hybridized carbons (Fsp3) is 0.316. The third-order valence-corrected chi connectivity index (χ3v) is 6.20. The van der Waals surface area contributed by atoms with E-state index < -0.39 is 15.9 Å². The van der Waals surface area contributed by atoms with Gasteiger partial charge in [0.1, 0.15) is 6.54 Å². The number of hydrogen-bond acceptors (Lipinski definition) is 7. The number of amides is 1. The number of nitrogens with one attached hydrogen (secondary N) is 1. The molecule has 0 atom stereocenters. The Kier molecular flexibility index (Phi) is 6.04. The SMILES string of the molecule is Cc1cc(C)c(N(CC(=O)NCc2nc(-c3cccs3)no2)S(C)(=O)=O)c(C)c1. The van der Waals surface area contributed by atoms with E-state index in [4.69, 9.17) is 4.52 Å². The molecule has 0 aliphatic heterocycles. The van der Waals surface area contributed by atoms with Gasteiger partial charge in [-0.25, -0.2) is 8.42 Å². The van der Waals surface area contributed by atoms with Gasteiger partial charge in [0.25, 0.3) is 0 Å². The number of aromatic nitrogens is 2. The molecule has 0 saturated carbocycles. The zero-order chi connectivity index (χ0) is 21.2. The average Bonchev–Trinajstić information content (AvgIpc) is 3.28. The molecule has 1 amide bonds. The number of rotatable bonds is 7. The van der Waals surface area contributed by atoms with Gasteiger partial charge in [0.15, 0.2) is 0 Å². The molecule has 0 saturated heterocycles. The molecule has 0 spiro atoms. The zero-order valence-corrected chi connectivity index (χ0v) is 18.2. The van der Waals surface area contributed by atoms with E-state index in [9.17, 15) is 13.2 Å². The van der Waals surface area contributed by atoms with Crippen LogP contribution in [0.4, 0.5) is 5.69 Å². The van der Waals surface area contributed by atoms with Gasteiger partial charge < -0.3 is 9.84 Å². The van der Waals surface area contributed by atoms with Crippen molar-refractivity contribution in [3.63, 3.8) is 0 Å². The van der Waals surface area contributed by atoms with Crippen molar-refractivity contribution in [3.8, 4) is 10.7 Å². The van der Waals surface area contributed by atoms with Gasteiger partial charge in [-0.1, -0.05) is 28.9 Å². The summed E-state index contributed by atoms with van der Waals surface area (Å²) in [5, 5.41) is 8.43. The fourth-order valence-electron chi connectivity index (χ4n) is 3.12. The van der Waals surface area contributed by atoms with Crippen LogP contribution in [0.3, 0.4) is 0 Å². The first kappa shape index (κ1) is 21.0. The molecule has 0 aliphatic rings. The number of carbonyl (C=O) groups is 1. The van der Waals surface area contributed by atoms with Crippen LogP contribution in [0.15, 0.2) is 34.2 Å². The van der Waals surface area contributed by atoms with Gasteiger partial charge in [-0.15, -0.1) is 11.3 Å². The summed E-state index contributed by atoms with van der Waals surface area (Å²) in [6.45, 7) is 5.28. The molecule has 3 aromatic rings. The van der Waals surface area contributed by atoms with E-state index in [2.05, 4.69) is 15.5 Å². The van der Waals surface area contributed by atoms with E-state index in [0.717, 1.165) is 32.1 Å². The van der Waals surface area contributed by atoms with Crippen molar-refractivity contribution in [2.75, 3.05) is 17.1 Å². The van der Waals surface area contributed by atoms with Crippen molar-refractivity contribution in [1.82, 2.24) is 15.5 Å². The van der Waals surface area contributed by atoms with Crippen LogP contribution >= 0.6 is 11.3 Å². The quantitative estimate of drug-likeness (QED) is 0.613. The largest absolute Gasteiger partial charge is 0.345 e. The van der Waals surface area contributed by atoms with Crippen molar-refractivity contribution in [3.05, 3.63) is 52.2 Å². The molecule has 0 aliphatic carbocycles. The maximum atomic E-state index is 12.5. The Balaban J connectivity index is 1.72. The van der Waals surface area contributed by atoms with Gasteiger partial charge in [0.05, 0.1) is 23.4 Å². The summed E-state index contributed by atoms with van der Waals surface area (Å²) < 4.78 is 31.0. The lowest BCUT2D eigenvalue weighted by Crippen LogP contribution is -2.40. The summed E-state index contributed by atoms with van der Waals surface area (Å²) in [6, 6.07) is 7.53. The van der Waals surface area contributed by atoms with Crippen molar-refractivity contribution >= 4 is 33.0 Å². The Morgan fingerprint density at radius 2 is 1.93 bits per heavy atom. The number of benzene rings is 1. The molecule has 29 heavy (non-hydrogen) atoms. The summed E-state index contributed by atoms with van der Waals surface area (Å²) in [4.78, 5) is 17.6. The molecule has 8 nitrogen and oxygen atoms in total. The Labute approximate surface area is 173 Å². The number of hydrogen-bond donors (Lipinski definition) is 1. The molecule has 0 fully saturated rings. The highest BCUT2D eigenvalue weighted by molar-refractivity contribution is 7.92. The number of anilines is 1. The number of nitrogens with zero attached hydrogens (tertiary/aromatic N) is 3.